The lowest BCUT2D eigenvalue weighted by Crippen LogP contribution is -2.39. The smallest absolute Gasteiger partial charge is 0.319 e. The van der Waals surface area contributed by atoms with Crippen molar-refractivity contribution in [3.05, 3.63) is 60.2 Å². The van der Waals surface area contributed by atoms with E-state index in [4.69, 9.17) is 0 Å². The SMILES string of the molecule is CCN(CC)c1ccc(NC(=O)NC2CC(=O)N(Cc3ccccc3)C2)cc1. The van der Waals surface area contributed by atoms with E-state index >= 15 is 0 Å². The lowest BCUT2D eigenvalue weighted by atomic mass is 10.2. The van der Waals surface area contributed by atoms with E-state index in [1.165, 1.54) is 0 Å². The number of likely N-dealkylation sites (tertiary alicyclic amines) is 1. The number of urea groups is 1. The molecule has 1 fully saturated rings. The summed E-state index contributed by atoms with van der Waals surface area (Å²) in [6.45, 7) is 7.23. The van der Waals surface area contributed by atoms with Crippen molar-refractivity contribution < 1.29 is 9.59 Å². The Labute approximate surface area is 166 Å². The first-order chi connectivity index (χ1) is 13.6. The fourth-order valence-corrected chi connectivity index (χ4v) is 3.52. The molecule has 1 atom stereocenters. The molecule has 0 aromatic heterocycles. The second kappa shape index (κ2) is 9.26. The van der Waals surface area contributed by atoms with Crippen LogP contribution >= 0.6 is 0 Å². The molecule has 0 bridgehead atoms. The zero-order valence-electron chi connectivity index (χ0n) is 16.5. The number of amides is 3. The van der Waals surface area contributed by atoms with Gasteiger partial charge in [0.25, 0.3) is 0 Å². The third-order valence-electron chi connectivity index (χ3n) is 5.02. The maximum atomic E-state index is 12.3. The molecule has 1 aliphatic rings. The van der Waals surface area contributed by atoms with Crippen molar-refractivity contribution in [2.24, 2.45) is 0 Å². The Kier molecular flexibility index (Phi) is 6.53. The molecule has 6 nitrogen and oxygen atoms in total. The Bertz CT molecular complexity index is 788. The van der Waals surface area contributed by atoms with Crippen molar-refractivity contribution in [3.8, 4) is 0 Å². The minimum Gasteiger partial charge on any atom is -0.372 e. The predicted octanol–water partition coefficient (Wildman–Crippen LogP) is 3.46. The third-order valence-corrected chi connectivity index (χ3v) is 5.02. The van der Waals surface area contributed by atoms with Crippen LogP contribution in [0.1, 0.15) is 25.8 Å². The van der Waals surface area contributed by atoms with Gasteiger partial charge in [-0.3, -0.25) is 4.79 Å². The van der Waals surface area contributed by atoms with Crippen LogP contribution in [0.25, 0.3) is 0 Å². The van der Waals surface area contributed by atoms with Gasteiger partial charge in [0.05, 0.1) is 6.04 Å². The van der Waals surface area contributed by atoms with E-state index in [2.05, 4.69) is 29.4 Å². The zero-order chi connectivity index (χ0) is 19.9. The predicted molar refractivity (Wildman–Crippen MR) is 112 cm³/mol. The van der Waals surface area contributed by atoms with E-state index in [9.17, 15) is 9.59 Å². The molecule has 148 valence electrons. The van der Waals surface area contributed by atoms with Gasteiger partial charge >= 0.3 is 6.03 Å². The molecule has 1 saturated heterocycles. The van der Waals surface area contributed by atoms with Crippen molar-refractivity contribution in [1.29, 1.82) is 0 Å². The molecule has 1 unspecified atom stereocenters. The summed E-state index contributed by atoms with van der Waals surface area (Å²) in [5.74, 6) is 0.0673. The van der Waals surface area contributed by atoms with Gasteiger partial charge in [-0.2, -0.15) is 0 Å². The Hall–Kier alpha value is -3.02. The van der Waals surface area contributed by atoms with Gasteiger partial charge in [0.15, 0.2) is 0 Å². The summed E-state index contributed by atoms with van der Waals surface area (Å²) in [5.41, 5.74) is 2.96. The van der Waals surface area contributed by atoms with Gasteiger partial charge in [0, 0.05) is 44.0 Å². The largest absolute Gasteiger partial charge is 0.372 e. The topological polar surface area (TPSA) is 64.7 Å². The van der Waals surface area contributed by atoms with Crippen LogP contribution in [0.15, 0.2) is 54.6 Å². The lowest BCUT2D eigenvalue weighted by molar-refractivity contribution is -0.128. The number of anilines is 2. The molecule has 1 heterocycles. The second-order valence-electron chi connectivity index (χ2n) is 6.98. The summed E-state index contributed by atoms with van der Waals surface area (Å²) in [4.78, 5) is 28.6. The van der Waals surface area contributed by atoms with Gasteiger partial charge in [-0.15, -0.1) is 0 Å². The molecule has 3 rings (SSSR count). The molecule has 0 saturated carbocycles. The van der Waals surface area contributed by atoms with Crippen LogP contribution in [0.5, 0.6) is 0 Å². The highest BCUT2D eigenvalue weighted by Gasteiger charge is 2.30. The summed E-state index contributed by atoms with van der Waals surface area (Å²) < 4.78 is 0. The maximum absolute atomic E-state index is 12.3. The number of nitrogens with one attached hydrogen (secondary N) is 2. The minimum absolute atomic E-state index is 0.0673. The number of carbonyl (C=O) groups excluding carboxylic acids is 2. The van der Waals surface area contributed by atoms with Crippen molar-refractivity contribution in [3.63, 3.8) is 0 Å². The molecule has 28 heavy (non-hydrogen) atoms. The number of rotatable bonds is 7. The maximum Gasteiger partial charge on any atom is 0.319 e. The van der Waals surface area contributed by atoms with E-state index < -0.39 is 0 Å². The highest BCUT2D eigenvalue weighted by Crippen LogP contribution is 2.18. The van der Waals surface area contributed by atoms with Crippen LogP contribution in [0.2, 0.25) is 0 Å². The first kappa shape index (κ1) is 19.7. The van der Waals surface area contributed by atoms with Crippen molar-refractivity contribution in [1.82, 2.24) is 10.2 Å². The van der Waals surface area contributed by atoms with Gasteiger partial charge in [0.2, 0.25) is 5.91 Å². The average Bonchev–Trinajstić information content (AvgIpc) is 3.03. The van der Waals surface area contributed by atoms with E-state index in [1.807, 2.05) is 54.6 Å². The lowest BCUT2D eigenvalue weighted by Gasteiger charge is -2.21. The molecule has 0 aliphatic carbocycles. The second-order valence-corrected chi connectivity index (χ2v) is 6.98. The molecular weight excluding hydrogens is 352 g/mol. The molecule has 2 aromatic rings. The van der Waals surface area contributed by atoms with E-state index in [0.29, 0.717) is 19.5 Å². The van der Waals surface area contributed by atoms with Gasteiger partial charge in [-0.25, -0.2) is 4.79 Å². The molecule has 2 N–H and O–H groups in total. The molecular formula is C22H28N4O2. The summed E-state index contributed by atoms with van der Waals surface area (Å²) >= 11 is 0. The Morgan fingerprint density at radius 3 is 2.39 bits per heavy atom. The monoisotopic (exact) mass is 380 g/mol. The number of hydrogen-bond acceptors (Lipinski definition) is 3. The fourth-order valence-electron chi connectivity index (χ4n) is 3.52. The molecule has 1 aliphatic heterocycles. The molecule has 6 heteroatoms. The molecule has 0 radical (unpaired) electrons. The van der Waals surface area contributed by atoms with Crippen LogP contribution in [0.4, 0.5) is 16.2 Å². The Morgan fingerprint density at radius 2 is 1.75 bits per heavy atom. The van der Waals surface area contributed by atoms with E-state index in [-0.39, 0.29) is 18.0 Å². The van der Waals surface area contributed by atoms with E-state index in [0.717, 1.165) is 30.0 Å². The number of benzene rings is 2. The summed E-state index contributed by atoms with van der Waals surface area (Å²) in [6, 6.07) is 17.2. The number of carbonyl (C=O) groups is 2. The Morgan fingerprint density at radius 1 is 1.07 bits per heavy atom. The summed E-state index contributed by atoms with van der Waals surface area (Å²) in [7, 11) is 0. The quantitative estimate of drug-likeness (QED) is 0.773. The third kappa shape index (κ3) is 5.03. The number of nitrogens with zero attached hydrogens (tertiary/aromatic N) is 2. The van der Waals surface area contributed by atoms with Crippen LogP contribution < -0.4 is 15.5 Å². The van der Waals surface area contributed by atoms with Crippen LogP contribution in [-0.2, 0) is 11.3 Å². The first-order valence-corrected chi connectivity index (χ1v) is 9.83. The molecule has 3 amide bonds. The van der Waals surface area contributed by atoms with Crippen LogP contribution in [-0.4, -0.2) is 42.5 Å². The standard InChI is InChI=1S/C22H28N4O2/c1-3-25(4-2)20-12-10-18(11-13-20)23-22(28)24-19-14-21(27)26(16-19)15-17-8-6-5-7-9-17/h5-13,19H,3-4,14-16H2,1-2H3,(H2,23,24,28). The van der Waals surface area contributed by atoms with Crippen LogP contribution in [0.3, 0.4) is 0 Å². The highest BCUT2D eigenvalue weighted by molar-refractivity contribution is 5.90. The van der Waals surface area contributed by atoms with Gasteiger partial charge in [0.1, 0.15) is 0 Å². The summed E-state index contributed by atoms with van der Waals surface area (Å²) in [6.07, 6.45) is 0.334. The van der Waals surface area contributed by atoms with Crippen molar-refractivity contribution in [2.75, 3.05) is 29.9 Å². The van der Waals surface area contributed by atoms with Crippen molar-refractivity contribution in [2.45, 2.75) is 32.9 Å². The van der Waals surface area contributed by atoms with Gasteiger partial charge in [-0.1, -0.05) is 30.3 Å². The summed E-state index contributed by atoms with van der Waals surface area (Å²) in [5, 5.41) is 5.76. The average molecular weight is 380 g/mol. The van der Waals surface area contributed by atoms with Gasteiger partial charge in [-0.05, 0) is 43.7 Å². The van der Waals surface area contributed by atoms with E-state index in [1.54, 1.807) is 4.90 Å². The normalized spacial score (nSPS) is 16.1. The molecule has 0 spiro atoms. The highest BCUT2D eigenvalue weighted by atomic mass is 16.2. The molecule has 2 aromatic carbocycles. The first-order valence-electron chi connectivity index (χ1n) is 9.83. The number of hydrogen-bond donors (Lipinski definition) is 2. The van der Waals surface area contributed by atoms with Crippen LogP contribution in [0, 0.1) is 0 Å². The minimum atomic E-state index is -0.282. The van der Waals surface area contributed by atoms with Crippen molar-refractivity contribution >= 4 is 23.3 Å². The zero-order valence-corrected chi connectivity index (χ0v) is 16.5. The Balaban J connectivity index is 1.50. The van der Waals surface area contributed by atoms with Gasteiger partial charge < -0.3 is 20.4 Å². The fraction of sp³-hybridized carbons (Fsp3) is 0.364.